The Morgan fingerprint density at radius 1 is 1.20 bits per heavy atom. The summed E-state index contributed by atoms with van der Waals surface area (Å²) in [7, 11) is 1.60. The fourth-order valence-electron chi connectivity index (χ4n) is 3.78. The van der Waals surface area contributed by atoms with Gasteiger partial charge in [0, 0.05) is 32.7 Å². The van der Waals surface area contributed by atoms with Gasteiger partial charge in [0.05, 0.1) is 45.2 Å². The highest BCUT2D eigenvalue weighted by Crippen LogP contribution is 2.29. The number of cyclic esters (lactones) is 1. The van der Waals surface area contributed by atoms with Crippen LogP contribution in [0.3, 0.4) is 0 Å². The maximum Gasteiger partial charge on any atom is 0.414 e. The molecule has 2 aliphatic rings. The van der Waals surface area contributed by atoms with Crippen LogP contribution in [0.5, 0.6) is 0 Å². The molecule has 3 amide bonds. The first kappa shape index (κ1) is 26.6. The third-order valence-electron chi connectivity index (χ3n) is 5.65. The van der Waals surface area contributed by atoms with E-state index in [0.29, 0.717) is 57.2 Å². The van der Waals surface area contributed by atoms with Gasteiger partial charge >= 0.3 is 6.09 Å². The lowest BCUT2D eigenvalue weighted by molar-refractivity contribution is -0.136. The average Bonchev–Trinajstić information content (AvgIpc) is 3.22. The van der Waals surface area contributed by atoms with Crippen molar-refractivity contribution in [3.8, 4) is 0 Å². The number of methoxy groups -OCH3 is 1. The molecule has 1 fully saturated rings. The van der Waals surface area contributed by atoms with Crippen molar-refractivity contribution in [2.75, 3.05) is 71.2 Å². The van der Waals surface area contributed by atoms with E-state index in [1.165, 1.54) is 17.9 Å². The number of rotatable bonds is 12. The van der Waals surface area contributed by atoms with Crippen LogP contribution in [0, 0.1) is 5.82 Å². The summed E-state index contributed by atoms with van der Waals surface area (Å²) in [4.78, 5) is 38.6. The number of benzene rings is 1. The highest BCUT2D eigenvalue weighted by Gasteiger charge is 2.33. The molecule has 1 aromatic rings. The molecule has 1 aromatic carbocycles. The number of carbonyl (C=O) groups is 3. The molecule has 1 saturated heterocycles. The van der Waals surface area contributed by atoms with Gasteiger partial charge in [0.15, 0.2) is 0 Å². The summed E-state index contributed by atoms with van der Waals surface area (Å²) in [6.45, 7) is 4.30. The largest absolute Gasteiger partial charge is 0.442 e. The number of hydrogen-bond acceptors (Lipinski definition) is 7. The Morgan fingerprint density at radius 3 is 2.66 bits per heavy atom. The van der Waals surface area contributed by atoms with Crippen molar-refractivity contribution in [2.24, 2.45) is 0 Å². The molecule has 0 saturated carbocycles. The lowest BCUT2D eigenvalue weighted by Crippen LogP contribution is -2.37. The minimum absolute atomic E-state index is 0.0330. The van der Waals surface area contributed by atoms with Gasteiger partial charge in [-0.2, -0.15) is 0 Å². The van der Waals surface area contributed by atoms with Gasteiger partial charge in [-0.1, -0.05) is 6.08 Å². The minimum Gasteiger partial charge on any atom is -0.442 e. The van der Waals surface area contributed by atoms with Crippen molar-refractivity contribution in [1.82, 2.24) is 10.2 Å². The quantitative estimate of drug-likeness (QED) is 0.441. The Bertz CT molecular complexity index is 940. The number of nitrogens with zero attached hydrogens (tertiary/aromatic N) is 2. The van der Waals surface area contributed by atoms with E-state index in [1.54, 1.807) is 24.1 Å². The summed E-state index contributed by atoms with van der Waals surface area (Å²) in [5, 5.41) is 2.61. The SMILES string of the molecule is COCCOCCOCC(=O)N1CC=C(c2ccc(N3CC(CNC(C)=O)OC3=O)cc2F)CC1. The van der Waals surface area contributed by atoms with Crippen LogP contribution in [0.25, 0.3) is 5.57 Å². The van der Waals surface area contributed by atoms with Crippen LogP contribution < -0.4 is 10.2 Å². The van der Waals surface area contributed by atoms with Crippen LogP contribution in [0.15, 0.2) is 24.3 Å². The Kier molecular flexibility index (Phi) is 10.0. The molecule has 1 atom stereocenters. The van der Waals surface area contributed by atoms with Crippen molar-refractivity contribution in [2.45, 2.75) is 19.4 Å². The monoisotopic (exact) mass is 493 g/mol. The number of halogens is 1. The molecule has 192 valence electrons. The molecule has 2 heterocycles. The highest BCUT2D eigenvalue weighted by atomic mass is 19.1. The normalized spacial score (nSPS) is 17.9. The Balaban J connectivity index is 1.49. The third kappa shape index (κ3) is 7.74. The van der Waals surface area contributed by atoms with Gasteiger partial charge < -0.3 is 29.2 Å². The molecule has 0 spiro atoms. The molecule has 0 radical (unpaired) electrons. The van der Waals surface area contributed by atoms with Gasteiger partial charge in [0.1, 0.15) is 18.5 Å². The van der Waals surface area contributed by atoms with Crippen molar-refractivity contribution < 1.29 is 37.7 Å². The second-order valence-corrected chi connectivity index (χ2v) is 8.19. The molecule has 2 aliphatic heterocycles. The lowest BCUT2D eigenvalue weighted by Gasteiger charge is -2.27. The molecule has 0 aromatic heterocycles. The zero-order valence-electron chi connectivity index (χ0n) is 20.1. The van der Waals surface area contributed by atoms with E-state index in [4.69, 9.17) is 18.9 Å². The molecule has 10 nitrogen and oxygen atoms in total. The number of nitrogens with one attached hydrogen (secondary N) is 1. The zero-order valence-corrected chi connectivity index (χ0v) is 20.1. The number of carbonyl (C=O) groups excluding carboxylic acids is 3. The molecule has 3 rings (SSSR count). The predicted molar refractivity (Wildman–Crippen MR) is 125 cm³/mol. The van der Waals surface area contributed by atoms with E-state index in [9.17, 15) is 18.8 Å². The topological polar surface area (TPSA) is 107 Å². The standard InChI is InChI=1S/C24H32FN3O7/c1-17(29)26-14-20-15-28(24(31)35-20)19-3-4-21(22(25)13-19)18-5-7-27(8-6-18)23(30)16-34-12-11-33-10-9-32-2/h3-5,13,20H,6-12,14-16H2,1-2H3,(H,26,29). The predicted octanol–water partition coefficient (Wildman–Crippen LogP) is 1.58. The summed E-state index contributed by atoms with van der Waals surface area (Å²) >= 11 is 0. The maximum atomic E-state index is 14.9. The Hall–Kier alpha value is -3.02. The van der Waals surface area contributed by atoms with Crippen molar-refractivity contribution in [1.29, 1.82) is 0 Å². The highest BCUT2D eigenvalue weighted by molar-refractivity contribution is 5.90. The molecule has 11 heteroatoms. The average molecular weight is 494 g/mol. The van der Waals surface area contributed by atoms with Gasteiger partial charge in [-0.3, -0.25) is 14.5 Å². The first-order chi connectivity index (χ1) is 16.9. The number of hydrogen-bond donors (Lipinski definition) is 1. The van der Waals surface area contributed by atoms with Crippen molar-refractivity contribution >= 4 is 29.2 Å². The van der Waals surface area contributed by atoms with Crippen LogP contribution in [0.1, 0.15) is 18.9 Å². The van der Waals surface area contributed by atoms with Crippen LogP contribution in [-0.4, -0.2) is 95.2 Å². The van der Waals surface area contributed by atoms with Crippen LogP contribution in [0.2, 0.25) is 0 Å². The number of ether oxygens (including phenoxy) is 4. The van der Waals surface area contributed by atoms with Crippen LogP contribution in [0.4, 0.5) is 14.9 Å². The molecule has 0 bridgehead atoms. The van der Waals surface area contributed by atoms with Crippen molar-refractivity contribution in [3.05, 3.63) is 35.7 Å². The molecular formula is C24H32FN3O7. The molecule has 1 unspecified atom stereocenters. The van der Waals surface area contributed by atoms with E-state index in [0.717, 1.165) is 5.57 Å². The Morgan fingerprint density at radius 2 is 1.97 bits per heavy atom. The summed E-state index contributed by atoms with van der Waals surface area (Å²) in [6, 6.07) is 4.61. The summed E-state index contributed by atoms with van der Waals surface area (Å²) in [5.41, 5.74) is 1.63. The van der Waals surface area contributed by atoms with E-state index < -0.39 is 18.0 Å². The first-order valence-corrected chi connectivity index (χ1v) is 11.5. The molecule has 0 aliphatic carbocycles. The summed E-state index contributed by atoms with van der Waals surface area (Å²) < 4.78 is 35.7. The van der Waals surface area contributed by atoms with Gasteiger partial charge in [0.2, 0.25) is 11.8 Å². The summed E-state index contributed by atoms with van der Waals surface area (Å²) in [6.07, 6.45) is 1.27. The molecule has 1 N–H and O–H groups in total. The third-order valence-corrected chi connectivity index (χ3v) is 5.65. The van der Waals surface area contributed by atoms with E-state index in [-0.39, 0.29) is 31.5 Å². The maximum absolute atomic E-state index is 14.9. The van der Waals surface area contributed by atoms with Gasteiger partial charge in [-0.15, -0.1) is 0 Å². The minimum atomic E-state index is -0.581. The second-order valence-electron chi connectivity index (χ2n) is 8.19. The number of anilines is 1. The molecule has 35 heavy (non-hydrogen) atoms. The lowest BCUT2D eigenvalue weighted by atomic mass is 9.98. The van der Waals surface area contributed by atoms with Gasteiger partial charge in [-0.25, -0.2) is 9.18 Å². The number of amides is 3. The fraction of sp³-hybridized carbons (Fsp3) is 0.542. The van der Waals surface area contributed by atoms with Crippen LogP contribution >= 0.6 is 0 Å². The van der Waals surface area contributed by atoms with E-state index >= 15 is 0 Å². The van der Waals surface area contributed by atoms with Crippen LogP contribution in [-0.2, 0) is 28.5 Å². The van der Waals surface area contributed by atoms with E-state index in [2.05, 4.69) is 5.32 Å². The molecular weight excluding hydrogens is 461 g/mol. The zero-order chi connectivity index (χ0) is 25.2. The first-order valence-electron chi connectivity index (χ1n) is 11.5. The summed E-state index contributed by atoms with van der Waals surface area (Å²) in [5.74, 6) is -0.801. The smallest absolute Gasteiger partial charge is 0.414 e. The Labute approximate surface area is 203 Å². The van der Waals surface area contributed by atoms with Gasteiger partial charge in [-0.05, 0) is 30.2 Å². The van der Waals surface area contributed by atoms with Gasteiger partial charge in [0.25, 0.3) is 0 Å². The van der Waals surface area contributed by atoms with Crippen molar-refractivity contribution in [3.63, 3.8) is 0 Å². The second kappa shape index (κ2) is 13.2. The fourth-order valence-corrected chi connectivity index (χ4v) is 3.78. The van der Waals surface area contributed by atoms with E-state index in [1.807, 2.05) is 6.08 Å².